The number of fused-ring (bicyclic) bond motifs is 1. The Morgan fingerprint density at radius 3 is 2.68 bits per heavy atom. The van der Waals surface area contributed by atoms with Crippen molar-refractivity contribution in [3.05, 3.63) is 0 Å². The van der Waals surface area contributed by atoms with Gasteiger partial charge in [0, 0.05) is 37.1 Å². The van der Waals surface area contributed by atoms with Crippen LogP contribution in [0.3, 0.4) is 0 Å². The van der Waals surface area contributed by atoms with Gasteiger partial charge in [0.15, 0.2) is 0 Å². The lowest BCUT2D eigenvalue weighted by Gasteiger charge is -2.60. The average Bonchev–Trinajstić information content (AvgIpc) is 2.88. The standard InChI is InChI=1S/C16H26N2O4/c1-15(2)11(10-5-4-8-22-12(10)15)17-14(21)18-7-6-16(3,9-18)13(19)20/h10-12H,4-9H2,1-3H3,(H,17,21)(H,19,20). The first-order valence-electron chi connectivity index (χ1n) is 8.16. The summed E-state index contributed by atoms with van der Waals surface area (Å²) in [4.78, 5) is 25.4. The summed E-state index contributed by atoms with van der Waals surface area (Å²) in [7, 11) is 0. The van der Waals surface area contributed by atoms with Gasteiger partial charge in [-0.1, -0.05) is 13.8 Å². The van der Waals surface area contributed by atoms with E-state index in [1.165, 1.54) is 0 Å². The summed E-state index contributed by atoms with van der Waals surface area (Å²) in [5, 5.41) is 12.4. The van der Waals surface area contributed by atoms with Crippen LogP contribution in [-0.2, 0) is 9.53 Å². The monoisotopic (exact) mass is 310 g/mol. The van der Waals surface area contributed by atoms with Crippen LogP contribution in [0, 0.1) is 16.7 Å². The Balaban J connectivity index is 1.62. The molecule has 2 saturated heterocycles. The lowest BCUT2D eigenvalue weighted by atomic mass is 9.55. The van der Waals surface area contributed by atoms with E-state index in [0.29, 0.717) is 18.9 Å². The third-order valence-electron chi connectivity index (χ3n) is 5.89. The number of carbonyl (C=O) groups excluding carboxylic acids is 1. The van der Waals surface area contributed by atoms with Crippen LogP contribution in [0.15, 0.2) is 0 Å². The zero-order chi connectivity index (χ0) is 16.1. The number of hydrogen-bond donors (Lipinski definition) is 2. The minimum atomic E-state index is -0.826. The number of likely N-dealkylation sites (tertiary alicyclic amines) is 1. The first-order chi connectivity index (χ1) is 10.3. The molecule has 1 saturated carbocycles. The van der Waals surface area contributed by atoms with Crippen molar-refractivity contribution in [3.8, 4) is 0 Å². The second kappa shape index (κ2) is 5.11. The van der Waals surface area contributed by atoms with Crippen LogP contribution in [0.5, 0.6) is 0 Å². The molecule has 0 bridgehead atoms. The van der Waals surface area contributed by atoms with Crippen molar-refractivity contribution in [2.75, 3.05) is 19.7 Å². The van der Waals surface area contributed by atoms with Gasteiger partial charge in [-0.3, -0.25) is 4.79 Å². The fraction of sp³-hybridized carbons (Fsp3) is 0.875. The van der Waals surface area contributed by atoms with Crippen molar-refractivity contribution in [2.24, 2.45) is 16.7 Å². The molecule has 4 unspecified atom stereocenters. The highest BCUT2D eigenvalue weighted by Crippen LogP contribution is 2.51. The molecule has 22 heavy (non-hydrogen) atoms. The maximum atomic E-state index is 12.5. The molecule has 0 radical (unpaired) electrons. The van der Waals surface area contributed by atoms with Crippen LogP contribution in [0.4, 0.5) is 4.79 Å². The lowest BCUT2D eigenvalue weighted by Crippen LogP contribution is -2.70. The number of ether oxygens (including phenoxy) is 1. The summed E-state index contributed by atoms with van der Waals surface area (Å²) in [6.07, 6.45) is 2.88. The third-order valence-corrected chi connectivity index (χ3v) is 5.89. The average molecular weight is 310 g/mol. The topological polar surface area (TPSA) is 78.9 Å². The molecule has 6 heteroatoms. The Morgan fingerprint density at radius 2 is 2.05 bits per heavy atom. The molecule has 2 N–H and O–H groups in total. The molecule has 2 heterocycles. The Kier molecular flexibility index (Phi) is 3.62. The van der Waals surface area contributed by atoms with Crippen LogP contribution in [-0.4, -0.2) is 53.8 Å². The van der Waals surface area contributed by atoms with E-state index < -0.39 is 11.4 Å². The zero-order valence-corrected chi connectivity index (χ0v) is 13.6. The van der Waals surface area contributed by atoms with E-state index in [0.717, 1.165) is 19.4 Å². The molecule has 4 atom stereocenters. The van der Waals surface area contributed by atoms with E-state index in [9.17, 15) is 14.7 Å². The highest BCUT2D eigenvalue weighted by atomic mass is 16.5. The van der Waals surface area contributed by atoms with Crippen LogP contribution in [0.2, 0.25) is 0 Å². The van der Waals surface area contributed by atoms with E-state index in [1.54, 1.807) is 11.8 Å². The molecule has 1 aliphatic carbocycles. The van der Waals surface area contributed by atoms with Gasteiger partial charge in [0.1, 0.15) is 0 Å². The maximum Gasteiger partial charge on any atom is 0.317 e. The maximum absolute atomic E-state index is 12.5. The van der Waals surface area contributed by atoms with Gasteiger partial charge in [0.25, 0.3) is 0 Å². The molecule has 2 aliphatic heterocycles. The van der Waals surface area contributed by atoms with Crippen LogP contribution in [0.25, 0.3) is 0 Å². The molecule has 124 valence electrons. The summed E-state index contributed by atoms with van der Waals surface area (Å²) in [6.45, 7) is 7.58. The van der Waals surface area contributed by atoms with Crippen molar-refractivity contribution in [3.63, 3.8) is 0 Å². The van der Waals surface area contributed by atoms with Gasteiger partial charge >= 0.3 is 12.0 Å². The highest BCUT2D eigenvalue weighted by Gasteiger charge is 2.58. The largest absolute Gasteiger partial charge is 0.481 e. The van der Waals surface area contributed by atoms with E-state index in [-0.39, 0.29) is 30.1 Å². The number of urea groups is 1. The highest BCUT2D eigenvalue weighted by molar-refractivity contribution is 5.79. The predicted molar refractivity (Wildman–Crippen MR) is 80.5 cm³/mol. The van der Waals surface area contributed by atoms with Crippen LogP contribution < -0.4 is 5.32 Å². The van der Waals surface area contributed by atoms with E-state index in [2.05, 4.69) is 19.2 Å². The SMILES string of the molecule is CC1(C(=O)O)CCN(C(=O)NC2C3CCCOC3C2(C)C)C1. The minimum absolute atomic E-state index is 0.0590. The summed E-state index contributed by atoms with van der Waals surface area (Å²) in [5.41, 5.74) is -0.875. The van der Waals surface area contributed by atoms with E-state index in [4.69, 9.17) is 4.74 Å². The Labute approximate surface area is 131 Å². The number of aliphatic carboxylic acids is 1. The van der Waals surface area contributed by atoms with E-state index >= 15 is 0 Å². The van der Waals surface area contributed by atoms with Gasteiger partial charge in [0.05, 0.1) is 11.5 Å². The fourth-order valence-electron chi connectivity index (χ4n) is 4.35. The molecule has 6 nitrogen and oxygen atoms in total. The number of amides is 2. The molecule has 0 aromatic rings. The molecule has 0 aromatic carbocycles. The number of rotatable bonds is 2. The minimum Gasteiger partial charge on any atom is -0.481 e. The Morgan fingerprint density at radius 1 is 1.32 bits per heavy atom. The molecule has 2 amide bonds. The van der Waals surface area contributed by atoms with Crippen molar-refractivity contribution in [1.82, 2.24) is 10.2 Å². The Bertz CT molecular complexity index is 493. The molecule has 0 aromatic heterocycles. The number of nitrogens with one attached hydrogen (secondary N) is 1. The Hall–Kier alpha value is -1.30. The predicted octanol–water partition coefficient (Wildman–Crippen LogP) is 1.70. The summed E-state index contributed by atoms with van der Waals surface area (Å²) >= 11 is 0. The first-order valence-corrected chi connectivity index (χ1v) is 8.16. The van der Waals surface area contributed by atoms with Gasteiger partial charge in [-0.05, 0) is 26.2 Å². The molecule has 3 fully saturated rings. The van der Waals surface area contributed by atoms with Gasteiger partial charge in [-0.2, -0.15) is 0 Å². The molecule has 3 aliphatic rings. The fourth-order valence-corrected chi connectivity index (χ4v) is 4.35. The van der Waals surface area contributed by atoms with Crippen molar-refractivity contribution in [1.29, 1.82) is 0 Å². The normalized spacial score (nSPS) is 39.8. The first kappa shape index (κ1) is 15.6. The second-order valence-electron chi connectivity index (χ2n) is 7.88. The smallest absolute Gasteiger partial charge is 0.317 e. The number of carboxylic acids is 1. The number of carbonyl (C=O) groups is 2. The number of hydrogen-bond acceptors (Lipinski definition) is 3. The van der Waals surface area contributed by atoms with Crippen molar-refractivity contribution >= 4 is 12.0 Å². The van der Waals surface area contributed by atoms with Gasteiger partial charge in [-0.15, -0.1) is 0 Å². The summed E-state index contributed by atoms with van der Waals surface area (Å²) in [5.74, 6) is -0.436. The van der Waals surface area contributed by atoms with E-state index in [1.807, 2.05) is 0 Å². The zero-order valence-electron chi connectivity index (χ0n) is 13.6. The molecule has 3 rings (SSSR count). The van der Waals surface area contributed by atoms with Crippen LogP contribution >= 0.6 is 0 Å². The molecule has 0 spiro atoms. The van der Waals surface area contributed by atoms with Gasteiger partial charge < -0.3 is 20.1 Å². The molecular formula is C16H26N2O4. The lowest BCUT2D eigenvalue weighted by molar-refractivity contribution is -0.189. The molecular weight excluding hydrogens is 284 g/mol. The van der Waals surface area contributed by atoms with Gasteiger partial charge in [-0.25, -0.2) is 4.79 Å². The third kappa shape index (κ3) is 2.28. The van der Waals surface area contributed by atoms with Crippen molar-refractivity contribution in [2.45, 2.75) is 52.2 Å². The van der Waals surface area contributed by atoms with Crippen molar-refractivity contribution < 1.29 is 19.4 Å². The number of carboxylic acid groups (broad SMARTS) is 1. The summed E-state index contributed by atoms with van der Waals surface area (Å²) in [6, 6.07) is -0.0194. The summed E-state index contributed by atoms with van der Waals surface area (Å²) < 4.78 is 5.85. The van der Waals surface area contributed by atoms with Gasteiger partial charge in [0.2, 0.25) is 0 Å². The second-order valence-corrected chi connectivity index (χ2v) is 7.88. The van der Waals surface area contributed by atoms with Crippen LogP contribution in [0.1, 0.15) is 40.0 Å². The quantitative estimate of drug-likeness (QED) is 0.813. The number of nitrogens with zero attached hydrogens (tertiary/aromatic N) is 1.